The summed E-state index contributed by atoms with van der Waals surface area (Å²) < 4.78 is 16.2. The van der Waals surface area contributed by atoms with Gasteiger partial charge in [0.05, 0.1) is 5.69 Å². The molecule has 1 N–H and O–H groups in total. The lowest BCUT2D eigenvalue weighted by molar-refractivity contribution is 0.370. The summed E-state index contributed by atoms with van der Waals surface area (Å²) in [6.45, 7) is 6.66. The number of halogens is 2. The van der Waals surface area contributed by atoms with Crippen LogP contribution < -0.4 is 10.2 Å². The molecule has 2 heterocycles. The molecule has 3 aromatic rings. The van der Waals surface area contributed by atoms with Crippen molar-refractivity contribution in [1.29, 1.82) is 0 Å². The highest BCUT2D eigenvalue weighted by Crippen LogP contribution is 2.20. The van der Waals surface area contributed by atoms with Gasteiger partial charge in [-0.3, -0.25) is 4.99 Å². The zero-order valence-electron chi connectivity index (χ0n) is 18.5. The number of aromatic nitrogens is 2. The third-order valence-corrected chi connectivity index (χ3v) is 5.70. The Morgan fingerprint density at radius 1 is 1.06 bits per heavy atom. The highest BCUT2D eigenvalue weighted by molar-refractivity contribution is 14.0. The number of imidazole rings is 1. The standard InChI is InChI=1S/C24H29FN6.HI/c1-19-27-10-11-31(19)18-21-7-5-6-20(16-21)17-28-24(26-2)30-14-12-29(13-15-30)23-9-4-3-8-22(23)25;/h3-11,16H,12-15,17-18H2,1-2H3,(H,26,28);1H. The highest BCUT2D eigenvalue weighted by atomic mass is 127. The minimum absolute atomic E-state index is 0. The van der Waals surface area contributed by atoms with Crippen molar-refractivity contribution in [1.82, 2.24) is 19.8 Å². The van der Waals surface area contributed by atoms with Crippen molar-refractivity contribution >= 4 is 35.6 Å². The fourth-order valence-corrected chi connectivity index (χ4v) is 3.99. The average Bonchev–Trinajstić information content (AvgIpc) is 3.19. The number of aliphatic imine (C=N–C) groups is 1. The summed E-state index contributed by atoms with van der Waals surface area (Å²) in [4.78, 5) is 13.1. The predicted octanol–water partition coefficient (Wildman–Crippen LogP) is 3.89. The summed E-state index contributed by atoms with van der Waals surface area (Å²) in [5, 5.41) is 3.48. The largest absolute Gasteiger partial charge is 0.366 e. The number of piperazine rings is 1. The van der Waals surface area contributed by atoms with E-state index in [4.69, 9.17) is 0 Å². The van der Waals surface area contributed by atoms with Gasteiger partial charge in [-0.25, -0.2) is 9.37 Å². The zero-order chi connectivity index (χ0) is 21.6. The molecule has 0 atom stereocenters. The van der Waals surface area contributed by atoms with Crippen molar-refractivity contribution < 1.29 is 4.39 Å². The van der Waals surface area contributed by atoms with Gasteiger partial charge in [0, 0.05) is 58.7 Å². The number of hydrogen-bond acceptors (Lipinski definition) is 3. The van der Waals surface area contributed by atoms with Crippen LogP contribution in [0, 0.1) is 12.7 Å². The first-order chi connectivity index (χ1) is 15.1. The summed E-state index contributed by atoms with van der Waals surface area (Å²) in [5.74, 6) is 1.73. The molecular weight excluding hydrogens is 518 g/mol. The Morgan fingerprint density at radius 2 is 1.81 bits per heavy atom. The average molecular weight is 548 g/mol. The monoisotopic (exact) mass is 548 g/mol. The van der Waals surface area contributed by atoms with Gasteiger partial charge in [-0.1, -0.05) is 36.4 Å². The molecule has 0 radical (unpaired) electrons. The second-order valence-electron chi connectivity index (χ2n) is 7.75. The first-order valence-corrected chi connectivity index (χ1v) is 10.6. The van der Waals surface area contributed by atoms with E-state index in [-0.39, 0.29) is 29.8 Å². The Bertz CT molecular complexity index is 1040. The molecule has 170 valence electrons. The van der Waals surface area contributed by atoms with Crippen LogP contribution >= 0.6 is 24.0 Å². The van der Waals surface area contributed by atoms with E-state index < -0.39 is 0 Å². The number of guanidine groups is 1. The smallest absolute Gasteiger partial charge is 0.194 e. The van der Waals surface area contributed by atoms with E-state index in [1.165, 1.54) is 17.2 Å². The van der Waals surface area contributed by atoms with Crippen LogP contribution in [-0.4, -0.2) is 53.6 Å². The molecule has 2 aromatic carbocycles. The van der Waals surface area contributed by atoms with Crippen molar-refractivity contribution in [3.63, 3.8) is 0 Å². The van der Waals surface area contributed by atoms with Crippen molar-refractivity contribution in [2.45, 2.75) is 20.0 Å². The highest BCUT2D eigenvalue weighted by Gasteiger charge is 2.21. The normalized spacial score (nSPS) is 14.3. The van der Waals surface area contributed by atoms with Crippen LogP contribution in [0.5, 0.6) is 0 Å². The number of anilines is 1. The van der Waals surface area contributed by atoms with Crippen LogP contribution in [0.3, 0.4) is 0 Å². The summed E-state index contributed by atoms with van der Waals surface area (Å²) in [6.07, 6.45) is 3.83. The van der Waals surface area contributed by atoms with Crippen LogP contribution in [0.15, 0.2) is 65.9 Å². The molecule has 1 aromatic heterocycles. The van der Waals surface area contributed by atoms with Gasteiger partial charge >= 0.3 is 0 Å². The number of nitrogens with one attached hydrogen (secondary N) is 1. The Morgan fingerprint density at radius 3 is 2.50 bits per heavy atom. The second kappa shape index (κ2) is 11.3. The number of hydrogen-bond donors (Lipinski definition) is 1. The van der Waals surface area contributed by atoms with Gasteiger partial charge in [0.2, 0.25) is 0 Å². The lowest BCUT2D eigenvalue weighted by Gasteiger charge is -2.37. The number of benzene rings is 2. The van der Waals surface area contributed by atoms with Crippen molar-refractivity contribution in [3.8, 4) is 0 Å². The second-order valence-corrected chi connectivity index (χ2v) is 7.75. The van der Waals surface area contributed by atoms with Gasteiger partial charge in [-0.15, -0.1) is 24.0 Å². The Labute approximate surface area is 206 Å². The summed E-state index contributed by atoms with van der Waals surface area (Å²) in [5.41, 5.74) is 3.13. The van der Waals surface area contributed by atoms with Crippen molar-refractivity contribution in [2.24, 2.45) is 4.99 Å². The maximum Gasteiger partial charge on any atom is 0.194 e. The van der Waals surface area contributed by atoms with Gasteiger partial charge in [-0.2, -0.15) is 0 Å². The third kappa shape index (κ3) is 5.79. The lowest BCUT2D eigenvalue weighted by atomic mass is 10.1. The topological polar surface area (TPSA) is 48.7 Å². The molecule has 0 saturated carbocycles. The van der Waals surface area contributed by atoms with Gasteiger partial charge in [0.15, 0.2) is 5.96 Å². The van der Waals surface area contributed by atoms with E-state index >= 15 is 0 Å². The molecule has 1 aliphatic heterocycles. The molecule has 0 aliphatic carbocycles. The molecule has 4 rings (SSSR count). The lowest BCUT2D eigenvalue weighted by Crippen LogP contribution is -2.52. The minimum atomic E-state index is -0.163. The molecule has 6 nitrogen and oxygen atoms in total. The fourth-order valence-electron chi connectivity index (χ4n) is 3.99. The molecule has 1 fully saturated rings. The molecular formula is C24H30FIN6. The first kappa shape index (κ1) is 24.0. The SMILES string of the molecule is CN=C(NCc1cccc(Cn2ccnc2C)c1)N1CCN(c2ccccc2F)CC1.I. The van der Waals surface area contributed by atoms with E-state index in [9.17, 15) is 4.39 Å². The Hall–Kier alpha value is -2.62. The summed E-state index contributed by atoms with van der Waals surface area (Å²) in [6, 6.07) is 15.5. The fraction of sp³-hybridized carbons (Fsp3) is 0.333. The van der Waals surface area contributed by atoms with E-state index in [0.29, 0.717) is 12.2 Å². The molecule has 32 heavy (non-hydrogen) atoms. The summed E-state index contributed by atoms with van der Waals surface area (Å²) >= 11 is 0. The molecule has 8 heteroatoms. The maximum absolute atomic E-state index is 14.1. The molecule has 0 unspecified atom stereocenters. The van der Waals surface area contributed by atoms with Crippen LogP contribution in [0.1, 0.15) is 17.0 Å². The van der Waals surface area contributed by atoms with Gasteiger partial charge < -0.3 is 19.7 Å². The van der Waals surface area contributed by atoms with Crippen LogP contribution in [0.4, 0.5) is 10.1 Å². The number of rotatable bonds is 5. The maximum atomic E-state index is 14.1. The first-order valence-electron chi connectivity index (χ1n) is 10.6. The third-order valence-electron chi connectivity index (χ3n) is 5.70. The van der Waals surface area contributed by atoms with Crippen molar-refractivity contribution in [2.75, 3.05) is 38.1 Å². The van der Waals surface area contributed by atoms with Crippen LogP contribution in [0.2, 0.25) is 0 Å². The van der Waals surface area contributed by atoms with Gasteiger partial charge in [0.25, 0.3) is 0 Å². The number of aryl methyl sites for hydroxylation is 1. The van der Waals surface area contributed by atoms with Crippen LogP contribution in [0.25, 0.3) is 0 Å². The van der Waals surface area contributed by atoms with Crippen LogP contribution in [-0.2, 0) is 13.1 Å². The zero-order valence-corrected chi connectivity index (χ0v) is 20.9. The summed E-state index contributed by atoms with van der Waals surface area (Å²) in [7, 11) is 1.81. The molecule has 0 bridgehead atoms. The Balaban J connectivity index is 0.00000289. The predicted molar refractivity (Wildman–Crippen MR) is 138 cm³/mol. The van der Waals surface area contributed by atoms with E-state index in [1.807, 2.05) is 38.5 Å². The Kier molecular flexibility index (Phi) is 8.49. The number of nitrogens with zero attached hydrogens (tertiary/aromatic N) is 5. The molecule has 1 aliphatic rings. The molecule has 1 saturated heterocycles. The van der Waals surface area contributed by atoms with Gasteiger partial charge in [0.1, 0.15) is 11.6 Å². The van der Waals surface area contributed by atoms with E-state index in [0.717, 1.165) is 44.5 Å². The quantitative estimate of drug-likeness (QED) is 0.299. The van der Waals surface area contributed by atoms with E-state index in [2.05, 4.69) is 53.9 Å². The molecule has 0 spiro atoms. The molecule has 0 amide bonds. The van der Waals surface area contributed by atoms with Crippen molar-refractivity contribution in [3.05, 3.63) is 83.7 Å². The van der Waals surface area contributed by atoms with E-state index in [1.54, 1.807) is 6.07 Å². The minimum Gasteiger partial charge on any atom is -0.366 e. The number of para-hydroxylation sites is 1. The van der Waals surface area contributed by atoms with Gasteiger partial charge in [-0.05, 0) is 30.2 Å².